The number of allylic oxidation sites excluding steroid dienone is 2. The normalized spacial score (nSPS) is 11.5. The minimum Gasteiger partial charge on any atom is -0.487 e. The third-order valence-corrected chi connectivity index (χ3v) is 5.43. The molecule has 0 radical (unpaired) electrons. The second-order valence-corrected chi connectivity index (χ2v) is 7.51. The summed E-state index contributed by atoms with van der Waals surface area (Å²) >= 11 is 6.25. The van der Waals surface area contributed by atoms with Crippen LogP contribution in [0.3, 0.4) is 0 Å². The van der Waals surface area contributed by atoms with E-state index in [1.54, 1.807) is 13.1 Å². The van der Waals surface area contributed by atoms with E-state index < -0.39 is 0 Å². The summed E-state index contributed by atoms with van der Waals surface area (Å²) in [6, 6.07) is 17.6. The first kappa shape index (κ1) is 25.9. The van der Waals surface area contributed by atoms with Gasteiger partial charge < -0.3 is 4.74 Å². The Balaban J connectivity index is 0.00000187. The number of halogens is 1. The second kappa shape index (κ2) is 12.6. The van der Waals surface area contributed by atoms with E-state index >= 15 is 0 Å². The van der Waals surface area contributed by atoms with Gasteiger partial charge in [-0.25, -0.2) is 0 Å². The number of aliphatic imine (C=N–C) groups is 1. The SMILES string of the molecule is C/C=C(/OCc1ccccc1)C(Cn1nc(C)c(-c2ccc(C#N)c(Cl)c2)c1C)=NC.CC. The summed E-state index contributed by atoms with van der Waals surface area (Å²) < 4.78 is 7.97. The number of aryl methyl sites for hydroxylation is 1. The van der Waals surface area contributed by atoms with Gasteiger partial charge in [-0.05, 0) is 50.1 Å². The van der Waals surface area contributed by atoms with Crippen molar-refractivity contribution in [3.05, 3.63) is 87.9 Å². The van der Waals surface area contributed by atoms with E-state index in [1.165, 1.54) is 0 Å². The fraction of sp³-hybridized carbons (Fsp3) is 0.296. The molecule has 5 nitrogen and oxygen atoms in total. The molecular formula is C27H31ClN4O. The Morgan fingerprint density at radius 1 is 1.18 bits per heavy atom. The molecule has 33 heavy (non-hydrogen) atoms. The highest BCUT2D eigenvalue weighted by atomic mass is 35.5. The molecule has 1 aromatic heterocycles. The molecule has 3 rings (SSSR count). The van der Waals surface area contributed by atoms with Crippen LogP contribution < -0.4 is 0 Å². The van der Waals surface area contributed by atoms with Crippen LogP contribution >= 0.6 is 11.6 Å². The van der Waals surface area contributed by atoms with Crippen LogP contribution in [0.4, 0.5) is 0 Å². The standard InChI is InChI=1S/C25H25ClN4O.C2H6/c1-5-24(31-16-19-9-7-6-8-10-19)23(28-4)15-30-18(3)25(17(2)29-30)20-11-12-21(14-27)22(26)13-20;1-2/h5-13H,15-16H2,1-4H3;1-2H3/b24-5+,28-23?;. The van der Waals surface area contributed by atoms with Gasteiger partial charge in [0.15, 0.2) is 0 Å². The highest BCUT2D eigenvalue weighted by molar-refractivity contribution is 6.32. The molecule has 0 atom stereocenters. The Bertz CT molecular complexity index is 1170. The maximum atomic E-state index is 9.13. The predicted octanol–water partition coefficient (Wildman–Crippen LogP) is 6.91. The first-order valence-corrected chi connectivity index (χ1v) is 11.4. The third-order valence-electron chi connectivity index (χ3n) is 5.11. The number of hydrogen-bond donors (Lipinski definition) is 0. The van der Waals surface area contributed by atoms with Crippen molar-refractivity contribution < 1.29 is 4.74 Å². The molecule has 3 aromatic rings. The molecule has 1 heterocycles. The smallest absolute Gasteiger partial charge is 0.138 e. The molecule has 0 amide bonds. The molecule has 0 spiro atoms. The van der Waals surface area contributed by atoms with Crippen LogP contribution in [0.15, 0.2) is 65.4 Å². The average Bonchev–Trinajstić information content (AvgIpc) is 3.12. The molecule has 0 saturated carbocycles. The summed E-state index contributed by atoms with van der Waals surface area (Å²) in [6.07, 6.45) is 1.93. The molecule has 0 fully saturated rings. The van der Waals surface area contributed by atoms with Crippen LogP contribution in [-0.2, 0) is 17.9 Å². The maximum Gasteiger partial charge on any atom is 0.138 e. The van der Waals surface area contributed by atoms with E-state index in [0.717, 1.165) is 39.5 Å². The van der Waals surface area contributed by atoms with Crippen molar-refractivity contribution in [1.82, 2.24) is 9.78 Å². The zero-order valence-electron chi connectivity index (χ0n) is 20.2. The van der Waals surface area contributed by atoms with Gasteiger partial charge in [0.2, 0.25) is 0 Å². The lowest BCUT2D eigenvalue weighted by molar-refractivity contribution is 0.216. The summed E-state index contributed by atoms with van der Waals surface area (Å²) in [5.41, 5.74) is 6.21. The zero-order chi connectivity index (χ0) is 24.4. The number of nitrogens with zero attached hydrogens (tertiary/aromatic N) is 4. The van der Waals surface area contributed by atoms with Crippen LogP contribution in [0.2, 0.25) is 5.02 Å². The van der Waals surface area contributed by atoms with Crippen LogP contribution in [0.5, 0.6) is 0 Å². The number of hydrogen-bond acceptors (Lipinski definition) is 4. The van der Waals surface area contributed by atoms with Gasteiger partial charge in [0.25, 0.3) is 0 Å². The van der Waals surface area contributed by atoms with Crippen LogP contribution in [0, 0.1) is 25.2 Å². The summed E-state index contributed by atoms with van der Waals surface area (Å²) in [5, 5.41) is 14.3. The van der Waals surface area contributed by atoms with Crippen LogP contribution in [-0.4, -0.2) is 22.5 Å². The largest absolute Gasteiger partial charge is 0.487 e. The Kier molecular flexibility index (Phi) is 9.90. The van der Waals surface area contributed by atoms with E-state index in [0.29, 0.717) is 23.7 Å². The van der Waals surface area contributed by atoms with Crippen molar-refractivity contribution in [3.63, 3.8) is 0 Å². The van der Waals surface area contributed by atoms with Crippen molar-refractivity contribution in [2.45, 2.75) is 47.8 Å². The topological polar surface area (TPSA) is 63.2 Å². The zero-order valence-corrected chi connectivity index (χ0v) is 20.9. The molecule has 0 aliphatic carbocycles. The fourth-order valence-corrected chi connectivity index (χ4v) is 3.72. The number of benzene rings is 2. The lowest BCUT2D eigenvalue weighted by Gasteiger charge is -2.14. The first-order valence-electron chi connectivity index (χ1n) is 11.0. The predicted molar refractivity (Wildman–Crippen MR) is 137 cm³/mol. The van der Waals surface area contributed by atoms with Gasteiger partial charge in [0.05, 0.1) is 28.5 Å². The van der Waals surface area contributed by atoms with Gasteiger partial charge in [0.1, 0.15) is 18.4 Å². The van der Waals surface area contributed by atoms with Crippen LogP contribution in [0.25, 0.3) is 11.1 Å². The van der Waals surface area contributed by atoms with Gasteiger partial charge in [-0.15, -0.1) is 0 Å². The molecule has 0 saturated heterocycles. The maximum absolute atomic E-state index is 9.13. The highest BCUT2D eigenvalue weighted by Crippen LogP contribution is 2.30. The van der Waals surface area contributed by atoms with Crippen molar-refractivity contribution >= 4 is 17.3 Å². The van der Waals surface area contributed by atoms with Crippen molar-refractivity contribution in [2.75, 3.05) is 7.05 Å². The van der Waals surface area contributed by atoms with E-state index in [-0.39, 0.29) is 0 Å². The van der Waals surface area contributed by atoms with Crippen molar-refractivity contribution in [2.24, 2.45) is 4.99 Å². The summed E-state index contributed by atoms with van der Waals surface area (Å²) in [6.45, 7) is 10.9. The summed E-state index contributed by atoms with van der Waals surface area (Å²) in [7, 11) is 1.76. The van der Waals surface area contributed by atoms with E-state index in [1.807, 2.05) is 87.8 Å². The van der Waals surface area contributed by atoms with Gasteiger partial charge in [0, 0.05) is 18.3 Å². The lowest BCUT2D eigenvalue weighted by atomic mass is 10.0. The number of rotatable bonds is 7. The molecule has 6 heteroatoms. The van der Waals surface area contributed by atoms with E-state index in [4.69, 9.17) is 26.7 Å². The monoisotopic (exact) mass is 462 g/mol. The Labute approximate surface area is 202 Å². The number of aromatic nitrogens is 2. The van der Waals surface area contributed by atoms with E-state index in [9.17, 15) is 0 Å². The van der Waals surface area contributed by atoms with Gasteiger partial charge >= 0.3 is 0 Å². The highest BCUT2D eigenvalue weighted by Gasteiger charge is 2.17. The lowest BCUT2D eigenvalue weighted by Crippen LogP contribution is -2.17. The summed E-state index contributed by atoms with van der Waals surface area (Å²) in [4.78, 5) is 4.46. The van der Waals surface area contributed by atoms with Gasteiger partial charge in [-0.3, -0.25) is 9.67 Å². The Hall–Kier alpha value is -3.36. The Morgan fingerprint density at radius 3 is 2.45 bits per heavy atom. The molecular weight excluding hydrogens is 432 g/mol. The summed E-state index contributed by atoms with van der Waals surface area (Å²) in [5.74, 6) is 0.738. The quantitative estimate of drug-likeness (QED) is 0.283. The molecule has 0 aliphatic rings. The van der Waals surface area contributed by atoms with Gasteiger partial charge in [-0.1, -0.05) is 61.8 Å². The molecule has 0 bridgehead atoms. The molecule has 0 unspecified atom stereocenters. The van der Waals surface area contributed by atoms with Gasteiger partial charge in [-0.2, -0.15) is 10.4 Å². The molecule has 0 N–H and O–H groups in total. The fourth-order valence-electron chi connectivity index (χ4n) is 3.50. The number of nitriles is 1. The average molecular weight is 463 g/mol. The minimum absolute atomic E-state index is 0.438. The second-order valence-electron chi connectivity index (χ2n) is 7.11. The minimum atomic E-state index is 0.438. The Morgan fingerprint density at radius 2 is 1.88 bits per heavy atom. The van der Waals surface area contributed by atoms with E-state index in [2.05, 4.69) is 11.1 Å². The first-order chi connectivity index (χ1) is 16.0. The molecule has 2 aromatic carbocycles. The van der Waals surface area contributed by atoms with Crippen molar-refractivity contribution in [3.8, 4) is 17.2 Å². The number of ether oxygens (including phenoxy) is 1. The molecule has 172 valence electrons. The van der Waals surface area contributed by atoms with Crippen LogP contribution in [0.1, 0.15) is 43.3 Å². The third kappa shape index (κ3) is 6.34. The van der Waals surface area contributed by atoms with Crippen molar-refractivity contribution in [1.29, 1.82) is 5.26 Å². The molecule has 0 aliphatic heterocycles.